The summed E-state index contributed by atoms with van der Waals surface area (Å²) in [6, 6.07) is 16.4. The second-order valence-electron chi connectivity index (χ2n) is 6.69. The van der Waals surface area contributed by atoms with Crippen LogP contribution in [-0.4, -0.2) is 14.5 Å². The molecule has 0 aliphatic rings. The van der Waals surface area contributed by atoms with E-state index in [0.29, 0.717) is 16.0 Å². The van der Waals surface area contributed by atoms with Crippen LogP contribution in [0.2, 0.25) is 0 Å². The molecule has 0 fully saturated rings. The predicted octanol–water partition coefficient (Wildman–Crippen LogP) is 3.64. The van der Waals surface area contributed by atoms with Gasteiger partial charge in [0.05, 0.1) is 10.6 Å². The second kappa shape index (κ2) is 7.00. The monoisotopic (exact) mass is 401 g/mol. The number of benzene rings is 2. The lowest BCUT2D eigenvalue weighted by Crippen LogP contribution is -2.29. The molecule has 0 atom stereocenters. The molecule has 0 aliphatic carbocycles. The van der Waals surface area contributed by atoms with Gasteiger partial charge in [-0.2, -0.15) is 5.26 Å². The number of rotatable bonds is 2. The number of hydrogen-bond donors (Lipinski definition) is 1. The van der Waals surface area contributed by atoms with Crippen LogP contribution < -0.4 is 11.1 Å². The van der Waals surface area contributed by atoms with Crippen molar-refractivity contribution in [1.29, 1.82) is 5.26 Å². The van der Waals surface area contributed by atoms with Crippen molar-refractivity contribution in [3.05, 3.63) is 85.9 Å². The Bertz CT molecular complexity index is 1410. The first kappa shape index (κ1) is 18.6. The van der Waals surface area contributed by atoms with Gasteiger partial charge in [0.2, 0.25) is 10.7 Å². The Hall–Kier alpha value is -3.76. The van der Waals surface area contributed by atoms with Gasteiger partial charge in [0, 0.05) is 5.56 Å². The van der Waals surface area contributed by atoms with Crippen LogP contribution in [0.25, 0.3) is 26.7 Å². The maximum Gasteiger partial charge on any atom is 0.303 e. The average Bonchev–Trinajstić information content (AvgIpc) is 2.71. The van der Waals surface area contributed by atoms with Crippen molar-refractivity contribution in [3.8, 4) is 33.5 Å². The SMILES string of the molecule is Cc1ccc(-c2nc3sc(-c4ccc(C)cc4)c(O)c(=O)n3c(=O)c2C#N)cc1. The number of aromatic nitrogens is 2. The zero-order valence-electron chi connectivity index (χ0n) is 15.6. The molecule has 0 saturated heterocycles. The van der Waals surface area contributed by atoms with Crippen LogP contribution in [0.15, 0.2) is 58.1 Å². The number of nitrogens with zero attached hydrogens (tertiary/aromatic N) is 3. The molecule has 4 aromatic rings. The third kappa shape index (κ3) is 3.10. The molecule has 0 bridgehead atoms. The lowest BCUT2D eigenvalue weighted by atomic mass is 10.1. The van der Waals surface area contributed by atoms with Crippen molar-refractivity contribution in [2.24, 2.45) is 0 Å². The Kier molecular flexibility index (Phi) is 4.49. The zero-order valence-corrected chi connectivity index (χ0v) is 16.4. The summed E-state index contributed by atoms with van der Waals surface area (Å²) in [5.41, 5.74) is 1.62. The van der Waals surface area contributed by atoms with Crippen molar-refractivity contribution in [3.63, 3.8) is 0 Å². The highest BCUT2D eigenvalue weighted by molar-refractivity contribution is 7.20. The van der Waals surface area contributed by atoms with Crippen molar-refractivity contribution in [2.75, 3.05) is 0 Å². The Balaban J connectivity index is 2.08. The standard InChI is InChI=1S/C22H15N3O3S/c1-12-3-7-14(8-4-12)17-16(11-23)20(27)25-21(28)18(26)19(29-22(25)24-17)15-9-5-13(2)6-10-15/h3-10,26H,1-2H3. The molecule has 2 aromatic carbocycles. The molecule has 0 radical (unpaired) electrons. The molecule has 4 rings (SSSR count). The molecular weight excluding hydrogens is 386 g/mol. The summed E-state index contributed by atoms with van der Waals surface area (Å²) in [6.45, 7) is 3.87. The first-order valence-electron chi connectivity index (χ1n) is 8.77. The minimum atomic E-state index is -0.890. The molecular formula is C22H15N3O3S. The Labute approximate surface area is 169 Å². The Morgan fingerprint density at radius 1 is 0.931 bits per heavy atom. The summed E-state index contributed by atoms with van der Waals surface area (Å²) in [7, 11) is 0. The molecule has 0 saturated carbocycles. The summed E-state index contributed by atoms with van der Waals surface area (Å²) in [4.78, 5) is 30.5. The normalized spacial score (nSPS) is 10.8. The summed E-state index contributed by atoms with van der Waals surface area (Å²) < 4.78 is 0.758. The second-order valence-corrected chi connectivity index (χ2v) is 7.66. The van der Waals surface area contributed by atoms with Gasteiger partial charge in [0.1, 0.15) is 11.6 Å². The lowest BCUT2D eigenvalue weighted by molar-refractivity contribution is 0.469. The molecule has 2 heterocycles. The molecule has 29 heavy (non-hydrogen) atoms. The number of hydrogen-bond acceptors (Lipinski definition) is 6. The van der Waals surface area contributed by atoms with E-state index in [9.17, 15) is 20.0 Å². The highest BCUT2D eigenvalue weighted by atomic mass is 32.1. The first-order valence-corrected chi connectivity index (χ1v) is 9.59. The third-order valence-corrected chi connectivity index (χ3v) is 5.71. The van der Waals surface area contributed by atoms with Crippen molar-refractivity contribution < 1.29 is 5.11 Å². The number of fused-ring (bicyclic) bond motifs is 1. The third-order valence-electron chi connectivity index (χ3n) is 4.62. The molecule has 0 amide bonds. The maximum absolute atomic E-state index is 12.9. The summed E-state index contributed by atoms with van der Waals surface area (Å²) in [5, 5.41) is 20.0. The van der Waals surface area contributed by atoms with Crippen LogP contribution in [0.3, 0.4) is 0 Å². The van der Waals surface area contributed by atoms with E-state index in [0.717, 1.165) is 26.9 Å². The van der Waals surface area contributed by atoms with Crippen LogP contribution in [0.1, 0.15) is 16.7 Å². The first-order chi connectivity index (χ1) is 13.9. The fourth-order valence-corrected chi connectivity index (χ4v) is 4.03. The molecule has 0 aliphatic heterocycles. The van der Waals surface area contributed by atoms with Crippen LogP contribution in [0.4, 0.5) is 0 Å². The van der Waals surface area contributed by atoms with Gasteiger partial charge in [0.25, 0.3) is 5.56 Å². The lowest BCUT2D eigenvalue weighted by Gasteiger charge is -2.09. The summed E-state index contributed by atoms with van der Waals surface area (Å²) >= 11 is 1.02. The van der Waals surface area contributed by atoms with Gasteiger partial charge in [-0.1, -0.05) is 71.0 Å². The smallest absolute Gasteiger partial charge is 0.303 e. The van der Waals surface area contributed by atoms with E-state index in [2.05, 4.69) is 4.98 Å². The van der Waals surface area contributed by atoms with Gasteiger partial charge < -0.3 is 5.11 Å². The molecule has 142 valence electrons. The summed E-state index contributed by atoms with van der Waals surface area (Å²) in [5.74, 6) is -0.540. The van der Waals surface area contributed by atoms with Crippen LogP contribution in [0, 0.1) is 25.2 Å². The van der Waals surface area contributed by atoms with Gasteiger partial charge in [0.15, 0.2) is 0 Å². The Morgan fingerprint density at radius 2 is 1.48 bits per heavy atom. The van der Waals surface area contributed by atoms with E-state index in [1.165, 1.54) is 0 Å². The van der Waals surface area contributed by atoms with Gasteiger partial charge in [-0.15, -0.1) is 0 Å². The zero-order chi connectivity index (χ0) is 20.7. The minimum Gasteiger partial charge on any atom is -0.502 e. The number of aryl methyl sites for hydroxylation is 2. The topological polar surface area (TPSA) is 95.5 Å². The highest BCUT2D eigenvalue weighted by Crippen LogP contribution is 2.32. The van der Waals surface area contributed by atoms with Crippen LogP contribution in [0.5, 0.6) is 5.75 Å². The van der Waals surface area contributed by atoms with E-state index in [1.807, 2.05) is 44.2 Å². The fourth-order valence-electron chi connectivity index (χ4n) is 3.01. The van der Waals surface area contributed by atoms with Crippen molar-refractivity contribution >= 4 is 16.3 Å². The van der Waals surface area contributed by atoms with Crippen molar-refractivity contribution in [2.45, 2.75) is 13.8 Å². The molecule has 0 unspecified atom stereocenters. The Morgan fingerprint density at radius 3 is 2.03 bits per heavy atom. The fraction of sp³-hybridized carbons (Fsp3) is 0.0909. The summed E-state index contributed by atoms with van der Waals surface area (Å²) in [6.07, 6.45) is 0. The average molecular weight is 401 g/mol. The maximum atomic E-state index is 12.9. The van der Waals surface area contributed by atoms with Crippen molar-refractivity contribution in [1.82, 2.24) is 9.38 Å². The van der Waals surface area contributed by atoms with Crippen LogP contribution >= 0.6 is 11.3 Å². The highest BCUT2D eigenvalue weighted by Gasteiger charge is 2.20. The quantitative estimate of drug-likeness (QED) is 0.553. The minimum absolute atomic E-state index is 0.114. The van der Waals surface area contributed by atoms with E-state index < -0.39 is 16.9 Å². The number of aromatic hydroxyl groups is 1. The number of nitriles is 1. The van der Waals surface area contributed by atoms with Gasteiger partial charge in [-0.3, -0.25) is 9.59 Å². The van der Waals surface area contributed by atoms with E-state index >= 15 is 0 Å². The molecule has 6 nitrogen and oxygen atoms in total. The van der Waals surface area contributed by atoms with Crippen LogP contribution in [-0.2, 0) is 0 Å². The van der Waals surface area contributed by atoms with E-state index in [1.54, 1.807) is 24.3 Å². The van der Waals surface area contributed by atoms with E-state index in [4.69, 9.17) is 0 Å². The molecule has 7 heteroatoms. The molecule has 1 N–H and O–H groups in total. The largest absolute Gasteiger partial charge is 0.502 e. The molecule has 0 spiro atoms. The van der Waals surface area contributed by atoms with Gasteiger partial charge >= 0.3 is 5.56 Å². The van der Waals surface area contributed by atoms with Gasteiger partial charge in [-0.05, 0) is 19.4 Å². The predicted molar refractivity (Wildman–Crippen MR) is 112 cm³/mol. The van der Waals surface area contributed by atoms with Gasteiger partial charge in [-0.25, -0.2) is 9.38 Å². The molecule has 2 aromatic heterocycles. The van der Waals surface area contributed by atoms with E-state index in [-0.39, 0.29) is 16.2 Å².